The number of pyridine rings is 1. The molecule has 0 unspecified atom stereocenters. The maximum atomic E-state index is 11.4. The lowest BCUT2D eigenvalue weighted by molar-refractivity contribution is -0.115. The van der Waals surface area contributed by atoms with Crippen molar-refractivity contribution in [3.05, 3.63) is 46.1 Å². The first-order chi connectivity index (χ1) is 9.54. The van der Waals surface area contributed by atoms with Gasteiger partial charge in [0.05, 0.1) is 6.42 Å². The maximum absolute atomic E-state index is 11.4. The Balaban J connectivity index is 1.94. The van der Waals surface area contributed by atoms with Crippen molar-refractivity contribution in [2.75, 3.05) is 17.3 Å². The number of halogens is 1. The molecule has 1 amide bonds. The number of fused-ring (bicyclic) bond motifs is 1. The van der Waals surface area contributed by atoms with Gasteiger partial charge in [-0.15, -0.1) is 0 Å². The zero-order valence-corrected chi connectivity index (χ0v) is 12.9. The summed E-state index contributed by atoms with van der Waals surface area (Å²) < 4.78 is 0.999. The van der Waals surface area contributed by atoms with E-state index in [1.165, 1.54) is 0 Å². The molecule has 1 aromatic carbocycles. The summed E-state index contributed by atoms with van der Waals surface area (Å²) in [6.07, 6.45) is 2.25. The predicted molar refractivity (Wildman–Crippen MR) is 83.5 cm³/mol. The van der Waals surface area contributed by atoms with Gasteiger partial charge >= 0.3 is 0 Å². The fourth-order valence-electron chi connectivity index (χ4n) is 2.26. The van der Waals surface area contributed by atoms with E-state index in [9.17, 15) is 4.79 Å². The summed E-state index contributed by atoms with van der Waals surface area (Å²) >= 11 is 3.46. The van der Waals surface area contributed by atoms with Crippen molar-refractivity contribution in [3.8, 4) is 0 Å². The minimum atomic E-state index is 0.0532. The van der Waals surface area contributed by atoms with Gasteiger partial charge < -0.3 is 10.2 Å². The molecule has 20 heavy (non-hydrogen) atoms. The van der Waals surface area contributed by atoms with Crippen molar-refractivity contribution in [3.63, 3.8) is 0 Å². The van der Waals surface area contributed by atoms with Gasteiger partial charge in [0.15, 0.2) is 0 Å². The van der Waals surface area contributed by atoms with Gasteiger partial charge in [0.25, 0.3) is 0 Å². The first-order valence-electron chi connectivity index (χ1n) is 6.33. The normalized spacial score (nSPS) is 13.1. The molecule has 3 rings (SSSR count). The Bertz CT molecular complexity index is 700. The Hall–Kier alpha value is -1.88. The van der Waals surface area contributed by atoms with Crippen LogP contribution in [0.4, 0.5) is 17.2 Å². The van der Waals surface area contributed by atoms with Crippen molar-refractivity contribution in [2.45, 2.75) is 13.3 Å². The minimum absolute atomic E-state index is 0.0532. The first-order valence-corrected chi connectivity index (χ1v) is 7.12. The highest BCUT2D eigenvalue weighted by Crippen LogP contribution is 2.30. The zero-order chi connectivity index (χ0) is 14.3. The molecule has 0 saturated heterocycles. The molecule has 2 heterocycles. The number of carbonyl (C=O) groups excluding carboxylic acids is 1. The lowest BCUT2D eigenvalue weighted by Gasteiger charge is -2.19. The summed E-state index contributed by atoms with van der Waals surface area (Å²) in [5.74, 6) is 0.931. The second-order valence-corrected chi connectivity index (χ2v) is 5.77. The maximum Gasteiger partial charge on any atom is 0.228 e. The molecular weight excluding hydrogens is 318 g/mol. The Labute approximate surface area is 126 Å². The summed E-state index contributed by atoms with van der Waals surface area (Å²) in [6.45, 7) is 2.04. The highest BCUT2D eigenvalue weighted by Gasteiger charge is 2.18. The largest absolute Gasteiger partial charge is 0.329 e. The molecule has 1 aliphatic rings. The minimum Gasteiger partial charge on any atom is -0.329 e. The standard InChI is InChI=1S/C15H14BrN3O/c1-9-5-14(17-8-12(9)16)19(2)11-3-4-13-10(6-11)7-15(20)18-13/h3-6,8H,7H2,1-2H3,(H,18,20). The number of nitrogens with zero attached hydrogens (tertiary/aromatic N) is 2. The van der Waals surface area contributed by atoms with Gasteiger partial charge in [-0.3, -0.25) is 4.79 Å². The molecule has 0 spiro atoms. The van der Waals surface area contributed by atoms with Crippen molar-refractivity contribution in [1.29, 1.82) is 0 Å². The molecule has 1 aliphatic heterocycles. The number of nitrogens with one attached hydrogen (secondary N) is 1. The number of rotatable bonds is 2. The molecule has 0 aliphatic carbocycles. The van der Waals surface area contributed by atoms with Crippen LogP contribution in [0.2, 0.25) is 0 Å². The number of hydrogen-bond donors (Lipinski definition) is 1. The lowest BCUT2D eigenvalue weighted by Crippen LogP contribution is -2.11. The second kappa shape index (κ2) is 4.90. The summed E-state index contributed by atoms with van der Waals surface area (Å²) in [5, 5.41) is 2.84. The molecule has 4 nitrogen and oxygen atoms in total. The number of anilines is 3. The van der Waals surface area contributed by atoms with E-state index >= 15 is 0 Å². The van der Waals surface area contributed by atoms with Gasteiger partial charge in [-0.25, -0.2) is 4.98 Å². The quantitative estimate of drug-likeness (QED) is 0.917. The molecule has 2 aromatic rings. The van der Waals surface area contributed by atoms with Crippen LogP contribution in [0.1, 0.15) is 11.1 Å². The number of aryl methyl sites for hydroxylation is 1. The van der Waals surface area contributed by atoms with E-state index in [0.717, 1.165) is 32.8 Å². The van der Waals surface area contributed by atoms with Crippen molar-refractivity contribution < 1.29 is 4.79 Å². The van der Waals surface area contributed by atoms with Gasteiger partial charge in [-0.05, 0) is 58.2 Å². The molecule has 0 atom stereocenters. The van der Waals surface area contributed by atoms with E-state index in [1.807, 2.05) is 43.1 Å². The van der Waals surface area contributed by atoms with Crippen molar-refractivity contribution >= 4 is 39.0 Å². The van der Waals surface area contributed by atoms with Crippen LogP contribution in [0, 0.1) is 6.92 Å². The Morgan fingerprint density at radius 3 is 2.90 bits per heavy atom. The van der Waals surface area contributed by atoms with E-state index < -0.39 is 0 Å². The van der Waals surface area contributed by atoms with Crippen molar-refractivity contribution in [2.24, 2.45) is 0 Å². The highest BCUT2D eigenvalue weighted by molar-refractivity contribution is 9.10. The fraction of sp³-hybridized carbons (Fsp3) is 0.200. The topological polar surface area (TPSA) is 45.2 Å². The number of carbonyl (C=O) groups is 1. The van der Waals surface area contributed by atoms with E-state index in [2.05, 4.69) is 26.2 Å². The third-order valence-corrected chi connectivity index (χ3v) is 4.31. The third-order valence-electron chi connectivity index (χ3n) is 3.48. The fourth-order valence-corrected chi connectivity index (χ4v) is 2.48. The van der Waals surface area contributed by atoms with Crippen molar-refractivity contribution in [1.82, 2.24) is 4.98 Å². The van der Waals surface area contributed by atoms with E-state index in [4.69, 9.17) is 0 Å². The molecule has 1 N–H and O–H groups in total. The number of benzene rings is 1. The van der Waals surface area contributed by atoms with Gasteiger partial charge in [-0.2, -0.15) is 0 Å². The van der Waals surface area contributed by atoms with Crippen LogP contribution in [-0.4, -0.2) is 17.9 Å². The molecular formula is C15H14BrN3O. The number of amides is 1. The molecule has 5 heteroatoms. The first kappa shape index (κ1) is 13.1. The van der Waals surface area contributed by atoms with Crippen LogP contribution in [0.25, 0.3) is 0 Å². The van der Waals surface area contributed by atoms with Crippen LogP contribution in [0.5, 0.6) is 0 Å². The van der Waals surface area contributed by atoms with Crippen LogP contribution in [0.15, 0.2) is 34.9 Å². The van der Waals surface area contributed by atoms with E-state index in [1.54, 1.807) is 6.20 Å². The Morgan fingerprint density at radius 1 is 1.35 bits per heavy atom. The van der Waals surface area contributed by atoms with Gasteiger partial charge in [-0.1, -0.05) is 0 Å². The zero-order valence-electron chi connectivity index (χ0n) is 11.3. The monoisotopic (exact) mass is 331 g/mol. The number of hydrogen-bond acceptors (Lipinski definition) is 3. The van der Waals surface area contributed by atoms with E-state index in [0.29, 0.717) is 6.42 Å². The highest BCUT2D eigenvalue weighted by atomic mass is 79.9. The van der Waals surface area contributed by atoms with Crippen LogP contribution in [-0.2, 0) is 11.2 Å². The summed E-state index contributed by atoms with van der Waals surface area (Å²) in [5.41, 5.74) is 4.11. The average Bonchev–Trinajstić information content (AvgIpc) is 2.80. The molecule has 102 valence electrons. The molecule has 0 radical (unpaired) electrons. The van der Waals surface area contributed by atoms with Gasteiger partial charge in [0, 0.05) is 29.1 Å². The lowest BCUT2D eigenvalue weighted by atomic mass is 10.1. The molecule has 1 aromatic heterocycles. The van der Waals surface area contributed by atoms with Gasteiger partial charge in [0.1, 0.15) is 5.82 Å². The van der Waals surface area contributed by atoms with Gasteiger partial charge in [0.2, 0.25) is 5.91 Å². The average molecular weight is 332 g/mol. The van der Waals surface area contributed by atoms with Crippen LogP contribution >= 0.6 is 15.9 Å². The number of aromatic nitrogens is 1. The Morgan fingerprint density at radius 2 is 2.15 bits per heavy atom. The summed E-state index contributed by atoms with van der Waals surface area (Å²) in [7, 11) is 1.97. The van der Waals surface area contributed by atoms with E-state index in [-0.39, 0.29) is 5.91 Å². The second-order valence-electron chi connectivity index (χ2n) is 4.92. The smallest absolute Gasteiger partial charge is 0.228 e. The molecule has 0 fully saturated rings. The predicted octanol–water partition coefficient (Wildman–Crippen LogP) is 3.42. The molecule has 0 bridgehead atoms. The van der Waals surface area contributed by atoms with Crippen LogP contribution in [0.3, 0.4) is 0 Å². The summed E-state index contributed by atoms with van der Waals surface area (Å²) in [4.78, 5) is 17.8. The molecule has 0 saturated carbocycles. The Kier molecular flexibility index (Phi) is 3.22. The summed E-state index contributed by atoms with van der Waals surface area (Å²) in [6, 6.07) is 7.99. The van der Waals surface area contributed by atoms with Crippen LogP contribution < -0.4 is 10.2 Å². The third kappa shape index (κ3) is 2.29. The SMILES string of the molecule is Cc1cc(N(C)c2ccc3c(c2)CC(=O)N3)ncc1Br.